The lowest BCUT2D eigenvalue weighted by molar-refractivity contribution is -0.922. The Hall–Kier alpha value is -1.55. The van der Waals surface area contributed by atoms with Crippen LogP contribution in [-0.2, 0) is 4.79 Å². The van der Waals surface area contributed by atoms with Crippen LogP contribution >= 0.6 is 0 Å². The molecule has 4 heteroatoms. The van der Waals surface area contributed by atoms with Crippen molar-refractivity contribution in [3.05, 3.63) is 24.3 Å². The lowest BCUT2D eigenvalue weighted by Gasteiger charge is -2.31. The van der Waals surface area contributed by atoms with Gasteiger partial charge in [-0.2, -0.15) is 0 Å². The molecule has 2 N–H and O–H groups in total. The molecule has 1 unspecified atom stereocenters. The van der Waals surface area contributed by atoms with E-state index in [1.165, 1.54) is 17.7 Å². The SMILES string of the molecule is CCOc1ccc(NC(=O)[C@@H](C)[NH+]2CCC[C@H](C)C2)cc1. The Morgan fingerprint density at radius 2 is 2.14 bits per heavy atom. The molecule has 1 amide bonds. The van der Waals surface area contributed by atoms with Gasteiger partial charge in [-0.1, -0.05) is 6.92 Å². The fraction of sp³-hybridized carbons (Fsp3) is 0.588. The maximum absolute atomic E-state index is 12.4. The first-order valence-electron chi connectivity index (χ1n) is 7.98. The van der Waals surface area contributed by atoms with Crippen molar-refractivity contribution in [2.75, 3.05) is 25.0 Å². The van der Waals surface area contributed by atoms with Gasteiger partial charge in [0.2, 0.25) is 0 Å². The Kier molecular flexibility index (Phi) is 5.62. The lowest BCUT2D eigenvalue weighted by atomic mass is 9.99. The third-order valence-electron chi connectivity index (χ3n) is 4.24. The molecular formula is C17H27N2O2+. The van der Waals surface area contributed by atoms with E-state index in [-0.39, 0.29) is 11.9 Å². The summed E-state index contributed by atoms with van der Waals surface area (Å²) in [6.45, 7) is 9.10. The highest BCUT2D eigenvalue weighted by Crippen LogP contribution is 2.15. The topological polar surface area (TPSA) is 42.8 Å². The van der Waals surface area contributed by atoms with Crippen molar-refractivity contribution in [3.8, 4) is 5.75 Å². The predicted molar refractivity (Wildman–Crippen MR) is 84.8 cm³/mol. The number of hydrogen-bond donors (Lipinski definition) is 2. The second-order valence-corrected chi connectivity index (χ2v) is 6.03. The minimum absolute atomic E-state index is 0.000631. The summed E-state index contributed by atoms with van der Waals surface area (Å²) in [6.07, 6.45) is 2.51. The summed E-state index contributed by atoms with van der Waals surface area (Å²) in [5.41, 5.74) is 0.833. The zero-order valence-corrected chi connectivity index (χ0v) is 13.3. The fourth-order valence-electron chi connectivity index (χ4n) is 2.96. The Morgan fingerprint density at radius 3 is 2.76 bits per heavy atom. The van der Waals surface area contributed by atoms with Crippen LogP contribution in [-0.4, -0.2) is 31.6 Å². The number of benzene rings is 1. The van der Waals surface area contributed by atoms with Crippen LogP contribution < -0.4 is 15.0 Å². The molecule has 0 aromatic heterocycles. The van der Waals surface area contributed by atoms with Gasteiger partial charge >= 0.3 is 0 Å². The van der Waals surface area contributed by atoms with Crippen molar-refractivity contribution in [2.24, 2.45) is 5.92 Å². The van der Waals surface area contributed by atoms with Crippen molar-refractivity contribution < 1.29 is 14.4 Å². The number of anilines is 1. The van der Waals surface area contributed by atoms with E-state index in [2.05, 4.69) is 12.2 Å². The molecule has 1 fully saturated rings. The van der Waals surface area contributed by atoms with E-state index in [1.807, 2.05) is 38.1 Å². The summed E-state index contributed by atoms with van der Waals surface area (Å²) in [5, 5.41) is 3.01. The van der Waals surface area contributed by atoms with Crippen LogP contribution in [0.15, 0.2) is 24.3 Å². The van der Waals surface area contributed by atoms with E-state index in [9.17, 15) is 4.79 Å². The molecule has 0 spiro atoms. The highest BCUT2D eigenvalue weighted by atomic mass is 16.5. The second-order valence-electron chi connectivity index (χ2n) is 6.03. The number of carbonyl (C=O) groups excluding carboxylic acids is 1. The van der Waals surface area contributed by atoms with E-state index < -0.39 is 0 Å². The lowest BCUT2D eigenvalue weighted by Crippen LogP contribution is -3.17. The van der Waals surface area contributed by atoms with Crippen molar-refractivity contribution in [1.82, 2.24) is 0 Å². The molecule has 2 rings (SSSR count). The zero-order chi connectivity index (χ0) is 15.2. The van der Waals surface area contributed by atoms with Crippen LogP contribution in [0.1, 0.15) is 33.6 Å². The quantitative estimate of drug-likeness (QED) is 0.867. The summed E-state index contributed by atoms with van der Waals surface area (Å²) in [7, 11) is 0. The number of carbonyl (C=O) groups is 1. The minimum atomic E-state index is -0.000631. The van der Waals surface area contributed by atoms with Gasteiger partial charge in [0.25, 0.3) is 5.91 Å². The molecule has 0 saturated carbocycles. The van der Waals surface area contributed by atoms with Crippen LogP contribution in [0.3, 0.4) is 0 Å². The first-order valence-corrected chi connectivity index (χ1v) is 7.98. The van der Waals surface area contributed by atoms with Crippen LogP contribution in [0.4, 0.5) is 5.69 Å². The van der Waals surface area contributed by atoms with E-state index >= 15 is 0 Å². The maximum Gasteiger partial charge on any atom is 0.282 e. The molecule has 1 aliphatic heterocycles. The Bertz CT molecular complexity index is 458. The maximum atomic E-state index is 12.4. The predicted octanol–water partition coefficient (Wildman–Crippen LogP) is 1.73. The molecule has 0 aliphatic carbocycles. The van der Waals surface area contributed by atoms with Crippen LogP contribution in [0, 0.1) is 5.92 Å². The first kappa shape index (κ1) is 15.8. The summed E-state index contributed by atoms with van der Waals surface area (Å²) in [5.74, 6) is 1.65. The van der Waals surface area contributed by atoms with Gasteiger partial charge in [-0.15, -0.1) is 0 Å². The standard InChI is InChI=1S/C17H26N2O2/c1-4-21-16-9-7-15(8-10-16)18-17(20)14(3)19-11-5-6-13(2)12-19/h7-10,13-14H,4-6,11-12H2,1-3H3,(H,18,20)/p+1/t13-,14+/m0/s1. The van der Waals surface area contributed by atoms with Crippen LogP contribution in [0.2, 0.25) is 0 Å². The molecule has 1 saturated heterocycles. The number of likely N-dealkylation sites (tertiary alicyclic amines) is 1. The fourth-order valence-corrected chi connectivity index (χ4v) is 2.96. The molecule has 1 aromatic carbocycles. The molecule has 4 nitrogen and oxygen atoms in total. The molecule has 1 aromatic rings. The molecule has 116 valence electrons. The van der Waals surface area contributed by atoms with Gasteiger partial charge in [0.05, 0.1) is 19.7 Å². The third kappa shape index (κ3) is 4.46. The number of piperidine rings is 1. The van der Waals surface area contributed by atoms with Gasteiger partial charge in [0.1, 0.15) is 5.75 Å². The van der Waals surface area contributed by atoms with Crippen molar-refractivity contribution in [1.29, 1.82) is 0 Å². The van der Waals surface area contributed by atoms with Gasteiger partial charge in [0.15, 0.2) is 6.04 Å². The minimum Gasteiger partial charge on any atom is -0.494 e. The van der Waals surface area contributed by atoms with Crippen LogP contribution in [0.25, 0.3) is 0 Å². The van der Waals surface area contributed by atoms with Gasteiger partial charge < -0.3 is 15.0 Å². The van der Waals surface area contributed by atoms with E-state index in [1.54, 1.807) is 0 Å². The monoisotopic (exact) mass is 291 g/mol. The molecule has 1 aliphatic rings. The summed E-state index contributed by atoms with van der Waals surface area (Å²) >= 11 is 0. The Morgan fingerprint density at radius 1 is 1.43 bits per heavy atom. The molecule has 3 atom stereocenters. The molecule has 1 heterocycles. The summed E-state index contributed by atoms with van der Waals surface area (Å²) < 4.78 is 5.40. The van der Waals surface area contributed by atoms with Gasteiger partial charge in [-0.25, -0.2) is 0 Å². The van der Waals surface area contributed by atoms with Gasteiger partial charge in [-0.05, 0) is 51.0 Å². The van der Waals surface area contributed by atoms with Crippen LogP contribution in [0.5, 0.6) is 5.75 Å². The highest BCUT2D eigenvalue weighted by molar-refractivity contribution is 5.93. The third-order valence-corrected chi connectivity index (χ3v) is 4.24. The largest absolute Gasteiger partial charge is 0.494 e. The second kappa shape index (κ2) is 7.46. The van der Waals surface area contributed by atoms with Gasteiger partial charge in [-0.3, -0.25) is 4.79 Å². The normalized spacial score (nSPS) is 23.4. The Balaban J connectivity index is 1.90. The van der Waals surface area contributed by atoms with E-state index in [0.717, 1.165) is 30.4 Å². The molecular weight excluding hydrogens is 264 g/mol. The smallest absolute Gasteiger partial charge is 0.282 e. The number of hydrogen-bond acceptors (Lipinski definition) is 2. The molecule has 0 radical (unpaired) electrons. The number of ether oxygens (including phenoxy) is 1. The highest BCUT2D eigenvalue weighted by Gasteiger charge is 2.29. The number of nitrogens with one attached hydrogen (secondary N) is 2. The summed E-state index contributed by atoms with van der Waals surface area (Å²) in [6, 6.07) is 7.56. The van der Waals surface area contributed by atoms with E-state index in [0.29, 0.717) is 6.61 Å². The molecule has 21 heavy (non-hydrogen) atoms. The average molecular weight is 291 g/mol. The first-order chi connectivity index (χ1) is 10.1. The number of amides is 1. The van der Waals surface area contributed by atoms with Crippen molar-refractivity contribution >= 4 is 11.6 Å². The van der Waals surface area contributed by atoms with E-state index in [4.69, 9.17) is 4.74 Å². The Labute approximate surface area is 127 Å². The average Bonchev–Trinajstić information content (AvgIpc) is 2.48. The van der Waals surface area contributed by atoms with Crippen molar-refractivity contribution in [2.45, 2.75) is 39.7 Å². The molecule has 0 bridgehead atoms. The number of quaternary nitrogens is 1. The van der Waals surface area contributed by atoms with Gasteiger partial charge in [0, 0.05) is 11.6 Å². The number of rotatable bonds is 5. The zero-order valence-electron chi connectivity index (χ0n) is 13.3. The van der Waals surface area contributed by atoms with Crippen molar-refractivity contribution in [3.63, 3.8) is 0 Å². The summed E-state index contributed by atoms with van der Waals surface area (Å²) in [4.78, 5) is 13.8.